The van der Waals surface area contributed by atoms with Gasteiger partial charge in [0, 0.05) is 36.6 Å². The fourth-order valence-corrected chi connectivity index (χ4v) is 4.08. The summed E-state index contributed by atoms with van der Waals surface area (Å²) in [5.74, 6) is 0.710. The first kappa shape index (κ1) is 24.5. The lowest BCUT2D eigenvalue weighted by Crippen LogP contribution is -2.42. The zero-order chi connectivity index (χ0) is 24.3. The predicted molar refractivity (Wildman–Crippen MR) is 128 cm³/mol. The molecule has 3 aromatic rings. The van der Waals surface area contributed by atoms with Crippen LogP contribution in [0.4, 0.5) is 4.79 Å². The highest BCUT2D eigenvalue weighted by atomic mass is 16.6. The number of ether oxygens (including phenoxy) is 2. The van der Waals surface area contributed by atoms with E-state index in [9.17, 15) is 4.79 Å². The molecule has 0 unspecified atom stereocenters. The number of nitrogens with zero attached hydrogens (tertiary/aromatic N) is 6. The van der Waals surface area contributed by atoms with Gasteiger partial charge in [0.15, 0.2) is 5.88 Å². The number of hydrogen-bond acceptors (Lipinski definition) is 6. The summed E-state index contributed by atoms with van der Waals surface area (Å²) in [6, 6.07) is 4.16. The molecule has 1 aliphatic heterocycles. The molecule has 33 heavy (non-hydrogen) atoms. The summed E-state index contributed by atoms with van der Waals surface area (Å²) in [6.45, 7) is 15.0. The average Bonchev–Trinajstić information content (AvgIpc) is 3.36. The van der Waals surface area contributed by atoms with Crippen LogP contribution in [-0.4, -0.2) is 61.2 Å². The van der Waals surface area contributed by atoms with Crippen LogP contribution in [0, 0.1) is 13.8 Å². The third kappa shape index (κ3) is 5.12. The molecular weight excluding hydrogens is 420 g/mol. The van der Waals surface area contributed by atoms with Crippen LogP contribution in [0.25, 0.3) is 16.9 Å². The van der Waals surface area contributed by atoms with Gasteiger partial charge in [0.2, 0.25) is 0 Å². The first-order chi connectivity index (χ1) is 15.7. The van der Waals surface area contributed by atoms with Crippen LogP contribution >= 0.6 is 0 Å². The van der Waals surface area contributed by atoms with Gasteiger partial charge in [-0.1, -0.05) is 19.1 Å². The average molecular weight is 457 g/mol. The molecule has 9 heteroatoms. The largest absolute Gasteiger partial charge is 0.482 e. The lowest BCUT2D eigenvalue weighted by molar-refractivity contribution is 0.0184. The van der Waals surface area contributed by atoms with Crippen LogP contribution in [-0.2, 0) is 4.74 Å². The molecule has 3 aromatic heterocycles. The number of imidazole rings is 1. The third-order valence-electron chi connectivity index (χ3n) is 5.62. The van der Waals surface area contributed by atoms with Gasteiger partial charge >= 0.3 is 6.09 Å². The molecule has 0 aliphatic carbocycles. The van der Waals surface area contributed by atoms with Crippen molar-refractivity contribution in [3.8, 4) is 17.1 Å². The number of hydrogen-bond donors (Lipinski definition) is 0. The molecule has 4 rings (SSSR count). The number of amides is 1. The number of fused-ring (bicyclic) bond motifs is 1. The second-order valence-corrected chi connectivity index (χ2v) is 9.05. The molecule has 0 radical (unpaired) electrons. The van der Waals surface area contributed by atoms with Crippen molar-refractivity contribution in [2.24, 2.45) is 0 Å². The number of rotatable bonds is 3. The van der Waals surface area contributed by atoms with E-state index < -0.39 is 5.60 Å². The van der Waals surface area contributed by atoms with Gasteiger partial charge in [0.1, 0.15) is 16.9 Å². The number of aryl methyl sites for hydroxylation is 1. The van der Waals surface area contributed by atoms with Gasteiger partial charge < -0.3 is 14.4 Å². The van der Waals surface area contributed by atoms with Gasteiger partial charge in [-0.2, -0.15) is 0 Å². The fourth-order valence-electron chi connectivity index (χ4n) is 4.08. The van der Waals surface area contributed by atoms with Crippen LogP contribution in [0.1, 0.15) is 64.9 Å². The van der Waals surface area contributed by atoms with Gasteiger partial charge in [-0.3, -0.25) is 4.40 Å². The number of carbonyl (C=O) groups is 1. The van der Waals surface area contributed by atoms with E-state index in [1.807, 2.05) is 75.9 Å². The number of methoxy groups -OCH3 is 1. The monoisotopic (exact) mass is 456 g/mol. The van der Waals surface area contributed by atoms with Gasteiger partial charge in [-0.25, -0.2) is 14.5 Å². The van der Waals surface area contributed by atoms with Crippen LogP contribution in [0.15, 0.2) is 18.3 Å². The van der Waals surface area contributed by atoms with E-state index in [-0.39, 0.29) is 12.1 Å². The Balaban J connectivity index is 0.00000149. The molecule has 0 N–H and O–H groups in total. The quantitative estimate of drug-likeness (QED) is 0.562. The smallest absolute Gasteiger partial charge is 0.410 e. The summed E-state index contributed by atoms with van der Waals surface area (Å²) in [5, 5.41) is 8.92. The Bertz CT molecular complexity index is 1100. The molecule has 4 heterocycles. The summed E-state index contributed by atoms with van der Waals surface area (Å²) in [7, 11) is 1.65. The molecule has 180 valence electrons. The van der Waals surface area contributed by atoms with Crippen molar-refractivity contribution in [1.82, 2.24) is 29.3 Å². The Hall–Kier alpha value is -3.10. The van der Waals surface area contributed by atoms with Gasteiger partial charge in [-0.05, 0) is 53.5 Å². The molecule has 1 saturated heterocycles. The molecule has 0 atom stereocenters. The number of likely N-dealkylation sites (tertiary alicyclic amines) is 1. The van der Waals surface area contributed by atoms with Crippen LogP contribution in [0.3, 0.4) is 0 Å². The molecular formula is C24H36N6O3. The Morgan fingerprint density at radius 1 is 1.12 bits per heavy atom. The molecule has 0 aromatic carbocycles. The molecule has 9 nitrogen and oxygen atoms in total. The Morgan fingerprint density at radius 2 is 1.79 bits per heavy atom. The first-order valence-corrected chi connectivity index (χ1v) is 11.6. The lowest BCUT2D eigenvalue weighted by atomic mass is 10.0. The maximum atomic E-state index is 12.3. The zero-order valence-electron chi connectivity index (χ0n) is 21.0. The minimum atomic E-state index is -0.485. The fraction of sp³-hybridized carbons (Fsp3) is 0.583. The van der Waals surface area contributed by atoms with Crippen LogP contribution in [0.2, 0.25) is 0 Å². The maximum absolute atomic E-state index is 12.3. The van der Waals surface area contributed by atoms with E-state index in [1.54, 1.807) is 12.0 Å². The van der Waals surface area contributed by atoms with Crippen molar-refractivity contribution in [3.05, 3.63) is 29.7 Å². The minimum absolute atomic E-state index is 0.194. The predicted octanol–water partition coefficient (Wildman–Crippen LogP) is 4.82. The highest BCUT2D eigenvalue weighted by Gasteiger charge is 2.29. The molecule has 1 fully saturated rings. The first-order valence-electron chi connectivity index (χ1n) is 11.6. The second-order valence-electron chi connectivity index (χ2n) is 9.05. The third-order valence-corrected chi connectivity index (χ3v) is 5.62. The molecule has 0 bridgehead atoms. The highest BCUT2D eigenvalue weighted by molar-refractivity contribution is 5.69. The minimum Gasteiger partial charge on any atom is -0.482 e. The number of carbonyl (C=O) groups excluding carboxylic acids is 1. The Kier molecular flexibility index (Phi) is 7.29. The van der Waals surface area contributed by atoms with E-state index in [0.29, 0.717) is 19.0 Å². The number of pyridine rings is 1. The zero-order valence-corrected chi connectivity index (χ0v) is 21.0. The van der Waals surface area contributed by atoms with E-state index >= 15 is 0 Å². The van der Waals surface area contributed by atoms with Crippen molar-refractivity contribution < 1.29 is 14.3 Å². The second kappa shape index (κ2) is 9.80. The summed E-state index contributed by atoms with van der Waals surface area (Å²) in [5.41, 5.74) is 4.06. The van der Waals surface area contributed by atoms with Crippen molar-refractivity contribution in [1.29, 1.82) is 0 Å². The Labute approximate surface area is 195 Å². The molecule has 1 aliphatic rings. The standard InChI is InChI=1S/C22H30N6O3.C2H6/c1-14-13-23-18-11-16(12-19(30-6)27(14)18)20-15(2)28(25-24-20)17-7-9-26(10-8-17)21(29)31-22(3,4)5;1-2/h11-13,17H,7-10H2,1-6H3;1-2H3. The highest BCUT2D eigenvalue weighted by Crippen LogP contribution is 2.31. The van der Waals surface area contributed by atoms with Crippen LogP contribution in [0.5, 0.6) is 5.88 Å². The van der Waals surface area contributed by atoms with E-state index in [1.165, 1.54) is 0 Å². The summed E-state index contributed by atoms with van der Waals surface area (Å²) >= 11 is 0. The summed E-state index contributed by atoms with van der Waals surface area (Å²) < 4.78 is 15.0. The molecule has 1 amide bonds. The summed E-state index contributed by atoms with van der Waals surface area (Å²) in [4.78, 5) is 18.6. The van der Waals surface area contributed by atoms with Crippen LogP contribution < -0.4 is 4.74 Å². The van der Waals surface area contributed by atoms with Crippen molar-refractivity contribution in [3.63, 3.8) is 0 Å². The number of aromatic nitrogens is 5. The van der Waals surface area contributed by atoms with Crippen molar-refractivity contribution in [2.45, 2.75) is 73.0 Å². The lowest BCUT2D eigenvalue weighted by Gasteiger charge is -2.33. The van der Waals surface area contributed by atoms with Gasteiger partial charge in [0.25, 0.3) is 0 Å². The Morgan fingerprint density at radius 3 is 2.39 bits per heavy atom. The van der Waals surface area contributed by atoms with E-state index in [2.05, 4.69) is 15.3 Å². The van der Waals surface area contributed by atoms with E-state index in [0.717, 1.165) is 41.1 Å². The van der Waals surface area contributed by atoms with E-state index in [4.69, 9.17) is 9.47 Å². The number of piperidine rings is 1. The molecule has 0 spiro atoms. The van der Waals surface area contributed by atoms with Crippen molar-refractivity contribution >= 4 is 11.7 Å². The van der Waals surface area contributed by atoms with Gasteiger partial charge in [-0.15, -0.1) is 5.10 Å². The van der Waals surface area contributed by atoms with Gasteiger partial charge in [0.05, 0.1) is 18.8 Å². The maximum Gasteiger partial charge on any atom is 0.410 e. The molecule has 0 saturated carbocycles. The summed E-state index contributed by atoms with van der Waals surface area (Å²) in [6.07, 6.45) is 3.19. The normalized spacial score (nSPS) is 14.7. The SMILES string of the molecule is CC.COc1cc(-c2nnn(C3CCN(C(=O)OC(C)(C)C)CC3)c2C)cc2ncc(C)n12. The topological polar surface area (TPSA) is 86.8 Å². The van der Waals surface area contributed by atoms with Crippen molar-refractivity contribution in [2.75, 3.05) is 20.2 Å².